The molecule has 0 aromatic heterocycles. The van der Waals surface area contributed by atoms with Crippen molar-refractivity contribution in [2.24, 2.45) is 0 Å². The largest absolute Gasteiger partial charge is 0.481 e. The average Bonchev–Trinajstić information content (AvgIpc) is 2.23. The van der Waals surface area contributed by atoms with E-state index >= 15 is 0 Å². The number of hydrogen-bond acceptors (Lipinski definition) is 3. The van der Waals surface area contributed by atoms with Gasteiger partial charge < -0.3 is 5.11 Å². The molecule has 1 aromatic rings. The number of halogens is 1. The Hall–Kier alpha value is -0.920. The Kier molecular flexibility index (Phi) is 5.30. The van der Waals surface area contributed by atoms with Crippen LogP contribution in [0.25, 0.3) is 0 Å². The van der Waals surface area contributed by atoms with Gasteiger partial charge in [0.15, 0.2) is 0 Å². The second-order valence-corrected chi connectivity index (χ2v) is 6.46. The minimum Gasteiger partial charge on any atom is -0.481 e. The van der Waals surface area contributed by atoms with Crippen LogP contribution in [-0.4, -0.2) is 26.0 Å². The number of nitrogens with one attached hydrogen (secondary N) is 1. The summed E-state index contributed by atoms with van der Waals surface area (Å²) in [6, 6.07) is 4.88. The molecule has 0 radical (unpaired) electrons. The fourth-order valence-electron chi connectivity index (χ4n) is 1.44. The van der Waals surface area contributed by atoms with E-state index in [1.807, 2.05) is 0 Å². The Morgan fingerprint density at radius 2 is 2.11 bits per heavy atom. The molecule has 0 aliphatic rings. The van der Waals surface area contributed by atoms with Gasteiger partial charge in [-0.3, -0.25) is 4.79 Å². The Morgan fingerprint density at radius 1 is 1.44 bits per heavy atom. The summed E-state index contributed by atoms with van der Waals surface area (Å²) in [6.45, 7) is 1.82. The average molecular weight is 336 g/mol. The van der Waals surface area contributed by atoms with Crippen LogP contribution in [0.5, 0.6) is 0 Å². The highest BCUT2D eigenvalue weighted by Gasteiger charge is 2.16. The number of benzene rings is 1. The van der Waals surface area contributed by atoms with Crippen LogP contribution in [0, 0.1) is 6.92 Å². The third-order valence-electron chi connectivity index (χ3n) is 2.29. The maximum absolute atomic E-state index is 11.9. The van der Waals surface area contributed by atoms with Crippen molar-refractivity contribution >= 4 is 31.9 Å². The van der Waals surface area contributed by atoms with E-state index < -0.39 is 16.0 Å². The summed E-state index contributed by atoms with van der Waals surface area (Å²) < 4.78 is 27.1. The van der Waals surface area contributed by atoms with Gasteiger partial charge in [-0.1, -0.05) is 15.9 Å². The summed E-state index contributed by atoms with van der Waals surface area (Å²) >= 11 is 3.26. The molecule has 0 bridgehead atoms. The van der Waals surface area contributed by atoms with Crippen molar-refractivity contribution in [3.05, 3.63) is 28.2 Å². The topological polar surface area (TPSA) is 83.5 Å². The van der Waals surface area contributed by atoms with Gasteiger partial charge in [0, 0.05) is 17.4 Å². The lowest BCUT2D eigenvalue weighted by Gasteiger charge is -2.09. The standard InChI is InChI=1S/C11H14BrNO4S/c1-8-7-9(12)4-5-10(8)18(16,17)13-6-2-3-11(14)15/h4-5,7,13H,2-3,6H2,1H3,(H,14,15). The van der Waals surface area contributed by atoms with Crippen LogP contribution in [0.2, 0.25) is 0 Å². The van der Waals surface area contributed by atoms with Crippen LogP contribution >= 0.6 is 15.9 Å². The van der Waals surface area contributed by atoms with Gasteiger partial charge in [-0.2, -0.15) is 0 Å². The van der Waals surface area contributed by atoms with Crippen molar-refractivity contribution in [1.29, 1.82) is 0 Å². The van der Waals surface area contributed by atoms with Gasteiger partial charge in [0.1, 0.15) is 0 Å². The van der Waals surface area contributed by atoms with Crippen LogP contribution in [0.15, 0.2) is 27.6 Å². The Balaban J connectivity index is 2.71. The number of aliphatic carboxylic acids is 1. The predicted octanol–water partition coefficient (Wildman–Crippen LogP) is 1.90. The highest BCUT2D eigenvalue weighted by molar-refractivity contribution is 9.10. The lowest BCUT2D eigenvalue weighted by atomic mass is 10.2. The lowest BCUT2D eigenvalue weighted by Crippen LogP contribution is -2.25. The monoisotopic (exact) mass is 335 g/mol. The fraction of sp³-hybridized carbons (Fsp3) is 0.364. The Morgan fingerprint density at radius 3 is 2.67 bits per heavy atom. The SMILES string of the molecule is Cc1cc(Br)ccc1S(=O)(=O)NCCCC(=O)O. The molecule has 2 N–H and O–H groups in total. The maximum Gasteiger partial charge on any atom is 0.303 e. The van der Waals surface area contributed by atoms with E-state index in [2.05, 4.69) is 20.7 Å². The zero-order valence-corrected chi connectivity index (χ0v) is 12.2. The normalized spacial score (nSPS) is 11.4. The third kappa shape index (κ3) is 4.40. The van der Waals surface area contributed by atoms with Crippen LogP contribution in [0.1, 0.15) is 18.4 Å². The number of aryl methyl sites for hydroxylation is 1. The molecule has 1 rings (SSSR count). The molecule has 0 atom stereocenters. The molecule has 100 valence electrons. The number of sulfonamides is 1. The first kappa shape index (κ1) is 15.1. The highest BCUT2D eigenvalue weighted by Crippen LogP contribution is 2.19. The number of carboxylic acid groups (broad SMARTS) is 1. The first-order chi connectivity index (χ1) is 8.33. The van der Waals surface area contributed by atoms with Crippen LogP contribution in [0.4, 0.5) is 0 Å². The van der Waals surface area contributed by atoms with E-state index in [1.165, 1.54) is 6.07 Å². The number of rotatable bonds is 6. The van der Waals surface area contributed by atoms with Gasteiger partial charge in [-0.15, -0.1) is 0 Å². The second kappa shape index (κ2) is 6.31. The number of hydrogen-bond donors (Lipinski definition) is 2. The molecule has 0 amide bonds. The summed E-state index contributed by atoms with van der Waals surface area (Å²) in [5.74, 6) is -0.936. The molecule has 0 saturated carbocycles. The van der Waals surface area contributed by atoms with Crippen molar-refractivity contribution in [3.8, 4) is 0 Å². The molecule has 0 aliphatic carbocycles. The summed E-state index contributed by atoms with van der Waals surface area (Å²) in [4.78, 5) is 10.5. The van der Waals surface area contributed by atoms with Gasteiger partial charge >= 0.3 is 5.97 Å². The summed E-state index contributed by atoms with van der Waals surface area (Å²) in [6.07, 6.45) is 0.214. The van der Waals surface area contributed by atoms with Crippen molar-refractivity contribution in [3.63, 3.8) is 0 Å². The van der Waals surface area contributed by atoms with E-state index in [4.69, 9.17) is 5.11 Å². The van der Waals surface area contributed by atoms with Gasteiger partial charge in [0.25, 0.3) is 0 Å². The second-order valence-electron chi connectivity index (χ2n) is 3.80. The number of carboxylic acids is 1. The molecular formula is C11H14BrNO4S. The molecule has 0 spiro atoms. The molecule has 5 nitrogen and oxygen atoms in total. The third-order valence-corrected chi connectivity index (χ3v) is 4.40. The molecule has 0 heterocycles. The van der Waals surface area contributed by atoms with Crippen molar-refractivity contribution < 1.29 is 18.3 Å². The Labute approximate surface area is 114 Å². The minimum atomic E-state index is -3.57. The quantitative estimate of drug-likeness (QED) is 0.777. The summed E-state index contributed by atoms with van der Waals surface area (Å²) in [5, 5.41) is 8.45. The van der Waals surface area contributed by atoms with E-state index in [0.717, 1.165) is 4.47 Å². The molecular weight excluding hydrogens is 322 g/mol. The molecule has 0 saturated heterocycles. The lowest BCUT2D eigenvalue weighted by molar-refractivity contribution is -0.137. The van der Waals surface area contributed by atoms with E-state index in [0.29, 0.717) is 5.56 Å². The molecule has 0 unspecified atom stereocenters. The van der Waals surface area contributed by atoms with Crippen LogP contribution in [0.3, 0.4) is 0 Å². The molecule has 1 aromatic carbocycles. The zero-order chi connectivity index (χ0) is 13.8. The predicted molar refractivity (Wildman–Crippen MR) is 70.9 cm³/mol. The zero-order valence-electron chi connectivity index (χ0n) is 9.81. The summed E-state index contributed by atoms with van der Waals surface area (Å²) in [5.41, 5.74) is 0.634. The molecule has 0 aliphatic heterocycles. The highest BCUT2D eigenvalue weighted by atomic mass is 79.9. The van der Waals surface area contributed by atoms with E-state index in [9.17, 15) is 13.2 Å². The van der Waals surface area contributed by atoms with Crippen LogP contribution < -0.4 is 4.72 Å². The molecule has 0 fully saturated rings. The first-order valence-electron chi connectivity index (χ1n) is 5.30. The minimum absolute atomic E-state index is 0.0537. The van der Waals surface area contributed by atoms with Gasteiger partial charge in [-0.25, -0.2) is 13.1 Å². The van der Waals surface area contributed by atoms with Crippen LogP contribution in [-0.2, 0) is 14.8 Å². The maximum atomic E-state index is 11.9. The van der Waals surface area contributed by atoms with Crippen molar-refractivity contribution in [2.45, 2.75) is 24.7 Å². The smallest absolute Gasteiger partial charge is 0.303 e. The molecule has 7 heteroatoms. The van der Waals surface area contributed by atoms with E-state index in [-0.39, 0.29) is 24.3 Å². The fourth-order valence-corrected chi connectivity index (χ4v) is 3.21. The number of carbonyl (C=O) groups is 1. The van der Waals surface area contributed by atoms with Crippen molar-refractivity contribution in [2.75, 3.05) is 6.54 Å². The summed E-state index contributed by atoms with van der Waals surface area (Å²) in [7, 11) is -3.57. The van der Waals surface area contributed by atoms with E-state index in [1.54, 1.807) is 19.1 Å². The van der Waals surface area contributed by atoms with Gasteiger partial charge in [-0.05, 0) is 37.1 Å². The Bertz CT molecular complexity index is 542. The first-order valence-corrected chi connectivity index (χ1v) is 7.58. The van der Waals surface area contributed by atoms with Crippen molar-refractivity contribution in [1.82, 2.24) is 4.72 Å². The van der Waals surface area contributed by atoms with Gasteiger partial charge in [0.2, 0.25) is 10.0 Å². The van der Waals surface area contributed by atoms with Gasteiger partial charge in [0.05, 0.1) is 4.90 Å². The molecule has 18 heavy (non-hydrogen) atoms.